The highest BCUT2D eigenvalue weighted by molar-refractivity contribution is 6.30. The van der Waals surface area contributed by atoms with E-state index in [0.717, 1.165) is 82.2 Å². The van der Waals surface area contributed by atoms with Crippen LogP contribution >= 0.6 is 11.6 Å². The van der Waals surface area contributed by atoms with Gasteiger partial charge < -0.3 is 19.5 Å². The van der Waals surface area contributed by atoms with Crippen LogP contribution in [0.1, 0.15) is 17.3 Å². The van der Waals surface area contributed by atoms with Gasteiger partial charge in [0.15, 0.2) is 5.96 Å². The van der Waals surface area contributed by atoms with Crippen LogP contribution in [0, 0.1) is 0 Å². The van der Waals surface area contributed by atoms with Crippen LogP contribution < -0.4 is 5.32 Å². The zero-order valence-corrected chi connectivity index (χ0v) is 18.8. The van der Waals surface area contributed by atoms with Crippen LogP contribution in [-0.4, -0.2) is 91.9 Å². The molecule has 2 aliphatic heterocycles. The van der Waals surface area contributed by atoms with Gasteiger partial charge in [-0.05, 0) is 17.7 Å². The van der Waals surface area contributed by atoms with Crippen LogP contribution in [0.4, 0.5) is 0 Å². The molecule has 0 radical (unpaired) electrons. The Morgan fingerprint density at radius 1 is 1.10 bits per heavy atom. The first-order valence-corrected chi connectivity index (χ1v) is 11.2. The average molecular weight is 447 g/mol. The summed E-state index contributed by atoms with van der Waals surface area (Å²) in [6.07, 6.45) is 1.63. The first kappa shape index (κ1) is 22.1. The van der Waals surface area contributed by atoms with Gasteiger partial charge in [-0.25, -0.2) is 0 Å². The van der Waals surface area contributed by atoms with Crippen molar-refractivity contribution < 1.29 is 9.26 Å². The van der Waals surface area contributed by atoms with Crippen LogP contribution in [0.15, 0.2) is 46.1 Å². The van der Waals surface area contributed by atoms with Gasteiger partial charge in [0.05, 0.1) is 24.9 Å². The Morgan fingerprint density at radius 2 is 1.84 bits per heavy atom. The topological polar surface area (TPSA) is 69.4 Å². The standard InChI is InChI=1S/C22H31ClN6O2/c1-24-22(29-9-7-27(8-10-29)17-20-6-13-31-26-20)25-16-21(28-11-14-30-15-12-28)18-2-4-19(23)5-3-18/h2-6,13,21H,7-12,14-17H2,1H3,(H,24,25). The van der Waals surface area contributed by atoms with Gasteiger partial charge in [0.2, 0.25) is 0 Å². The fourth-order valence-corrected chi connectivity index (χ4v) is 4.34. The predicted octanol–water partition coefficient (Wildman–Crippen LogP) is 2.09. The van der Waals surface area contributed by atoms with Crippen LogP contribution in [0.3, 0.4) is 0 Å². The lowest BCUT2D eigenvalue weighted by atomic mass is 10.0. The summed E-state index contributed by atoms with van der Waals surface area (Å²) in [5.41, 5.74) is 2.24. The minimum Gasteiger partial charge on any atom is -0.379 e. The highest BCUT2D eigenvalue weighted by atomic mass is 35.5. The minimum absolute atomic E-state index is 0.242. The Hall–Kier alpha value is -2.13. The number of morpholine rings is 1. The largest absolute Gasteiger partial charge is 0.379 e. The summed E-state index contributed by atoms with van der Waals surface area (Å²) < 4.78 is 10.5. The lowest BCUT2D eigenvalue weighted by Crippen LogP contribution is -2.53. The fourth-order valence-electron chi connectivity index (χ4n) is 4.22. The number of aromatic nitrogens is 1. The molecule has 0 amide bonds. The van der Waals surface area contributed by atoms with Crippen molar-refractivity contribution in [1.29, 1.82) is 0 Å². The molecular weight excluding hydrogens is 416 g/mol. The second-order valence-electron chi connectivity index (χ2n) is 7.90. The van der Waals surface area contributed by atoms with E-state index in [0.29, 0.717) is 0 Å². The number of ether oxygens (including phenoxy) is 1. The fraction of sp³-hybridized carbons (Fsp3) is 0.545. The molecule has 9 heteroatoms. The Labute approximate surface area is 188 Å². The summed E-state index contributed by atoms with van der Waals surface area (Å²) in [5, 5.41) is 8.41. The first-order chi connectivity index (χ1) is 15.2. The normalized spacial score (nSPS) is 20.1. The quantitative estimate of drug-likeness (QED) is 0.538. The molecule has 0 aliphatic carbocycles. The molecule has 1 aromatic carbocycles. The number of benzene rings is 1. The van der Waals surface area contributed by atoms with Crippen LogP contribution in [0.2, 0.25) is 5.02 Å². The zero-order chi connectivity index (χ0) is 21.5. The molecule has 1 unspecified atom stereocenters. The number of halogens is 1. The molecule has 2 aliphatic rings. The van der Waals surface area contributed by atoms with Crippen molar-refractivity contribution in [2.24, 2.45) is 4.99 Å². The van der Waals surface area contributed by atoms with Crippen LogP contribution in [0.25, 0.3) is 0 Å². The SMILES string of the molecule is CN=C(NCC(c1ccc(Cl)cc1)N1CCOCC1)N1CCN(Cc2ccon2)CC1. The minimum atomic E-state index is 0.242. The Bertz CT molecular complexity index is 815. The number of nitrogens with zero attached hydrogens (tertiary/aromatic N) is 5. The third kappa shape index (κ3) is 5.98. The van der Waals surface area contributed by atoms with Gasteiger partial charge in [-0.1, -0.05) is 28.9 Å². The molecule has 168 valence electrons. The molecule has 2 aromatic rings. The van der Waals surface area contributed by atoms with Gasteiger partial charge in [0.25, 0.3) is 0 Å². The molecule has 0 saturated carbocycles. The third-order valence-corrected chi connectivity index (χ3v) is 6.21. The highest BCUT2D eigenvalue weighted by Gasteiger charge is 2.25. The van der Waals surface area contributed by atoms with Crippen molar-refractivity contribution in [3.8, 4) is 0 Å². The van der Waals surface area contributed by atoms with E-state index in [9.17, 15) is 0 Å². The summed E-state index contributed by atoms with van der Waals surface area (Å²) in [6.45, 7) is 8.80. The molecule has 2 saturated heterocycles. The molecule has 3 heterocycles. The van der Waals surface area contributed by atoms with Crippen molar-refractivity contribution in [1.82, 2.24) is 25.2 Å². The monoisotopic (exact) mass is 446 g/mol. The maximum absolute atomic E-state index is 6.12. The predicted molar refractivity (Wildman–Crippen MR) is 121 cm³/mol. The molecule has 8 nitrogen and oxygen atoms in total. The molecule has 1 atom stereocenters. The van der Waals surface area contributed by atoms with Crippen LogP contribution in [-0.2, 0) is 11.3 Å². The maximum Gasteiger partial charge on any atom is 0.193 e. The number of nitrogens with one attached hydrogen (secondary N) is 1. The van der Waals surface area contributed by atoms with Gasteiger partial charge in [-0.2, -0.15) is 0 Å². The lowest BCUT2D eigenvalue weighted by Gasteiger charge is -2.38. The molecule has 0 spiro atoms. The van der Waals surface area contributed by atoms with Gasteiger partial charge in [-0.3, -0.25) is 14.8 Å². The van der Waals surface area contributed by atoms with Crippen molar-refractivity contribution in [2.45, 2.75) is 12.6 Å². The Kier molecular flexibility index (Phi) is 7.80. The van der Waals surface area contributed by atoms with Crippen LogP contribution in [0.5, 0.6) is 0 Å². The average Bonchev–Trinajstić information content (AvgIpc) is 3.32. The van der Waals surface area contributed by atoms with E-state index in [1.54, 1.807) is 6.26 Å². The van der Waals surface area contributed by atoms with Crippen molar-refractivity contribution in [3.63, 3.8) is 0 Å². The van der Waals surface area contributed by atoms with Crippen molar-refractivity contribution >= 4 is 17.6 Å². The molecule has 31 heavy (non-hydrogen) atoms. The van der Waals surface area contributed by atoms with E-state index in [1.165, 1.54) is 5.56 Å². The maximum atomic E-state index is 6.12. The van der Waals surface area contributed by atoms with E-state index in [-0.39, 0.29) is 6.04 Å². The lowest BCUT2D eigenvalue weighted by molar-refractivity contribution is 0.0168. The Balaban J connectivity index is 1.34. The molecule has 4 rings (SSSR count). The van der Waals surface area contributed by atoms with Gasteiger partial charge >= 0.3 is 0 Å². The third-order valence-electron chi connectivity index (χ3n) is 5.96. The molecule has 0 bridgehead atoms. The van der Waals surface area contributed by atoms with Crippen molar-refractivity contribution in [2.75, 3.05) is 66.1 Å². The van der Waals surface area contributed by atoms with E-state index < -0.39 is 0 Å². The van der Waals surface area contributed by atoms with E-state index in [2.05, 4.69) is 42.3 Å². The summed E-state index contributed by atoms with van der Waals surface area (Å²) in [4.78, 5) is 11.8. The summed E-state index contributed by atoms with van der Waals surface area (Å²) in [6, 6.07) is 10.3. The first-order valence-electron chi connectivity index (χ1n) is 10.9. The van der Waals surface area contributed by atoms with E-state index in [4.69, 9.17) is 20.9 Å². The van der Waals surface area contributed by atoms with E-state index in [1.807, 2.05) is 25.2 Å². The number of rotatable bonds is 6. The highest BCUT2D eigenvalue weighted by Crippen LogP contribution is 2.23. The number of guanidine groups is 1. The van der Waals surface area contributed by atoms with Gasteiger partial charge in [-0.15, -0.1) is 0 Å². The summed E-state index contributed by atoms with van der Waals surface area (Å²) in [7, 11) is 1.86. The molecule has 2 fully saturated rings. The Morgan fingerprint density at radius 3 is 2.48 bits per heavy atom. The smallest absolute Gasteiger partial charge is 0.193 e. The number of hydrogen-bond donors (Lipinski definition) is 1. The molecule has 1 aromatic heterocycles. The second kappa shape index (κ2) is 10.9. The molecular formula is C22H31ClN6O2. The van der Waals surface area contributed by atoms with Crippen molar-refractivity contribution in [3.05, 3.63) is 52.9 Å². The van der Waals surface area contributed by atoms with Gasteiger partial charge in [0, 0.05) is 70.5 Å². The second-order valence-corrected chi connectivity index (χ2v) is 8.33. The van der Waals surface area contributed by atoms with E-state index >= 15 is 0 Å². The zero-order valence-electron chi connectivity index (χ0n) is 18.0. The number of aliphatic imine (C=N–C) groups is 1. The number of piperazine rings is 1. The number of hydrogen-bond acceptors (Lipinski definition) is 6. The summed E-state index contributed by atoms with van der Waals surface area (Å²) >= 11 is 6.12. The van der Waals surface area contributed by atoms with Gasteiger partial charge in [0.1, 0.15) is 6.26 Å². The summed E-state index contributed by atoms with van der Waals surface area (Å²) in [5.74, 6) is 0.952. The molecule has 1 N–H and O–H groups in total.